The van der Waals surface area contributed by atoms with Crippen LogP contribution in [0.2, 0.25) is 0 Å². The molecule has 0 aliphatic carbocycles. The Labute approximate surface area is 140 Å². The van der Waals surface area contributed by atoms with E-state index in [2.05, 4.69) is 23.6 Å². The zero-order chi connectivity index (χ0) is 16.1. The van der Waals surface area contributed by atoms with Crippen LogP contribution >= 0.6 is 11.3 Å². The average molecular weight is 325 g/mol. The molecule has 0 spiro atoms. The molecule has 0 bridgehead atoms. The molecule has 0 amide bonds. The van der Waals surface area contributed by atoms with E-state index in [0.29, 0.717) is 6.61 Å². The van der Waals surface area contributed by atoms with Gasteiger partial charge in [0, 0.05) is 17.4 Å². The van der Waals surface area contributed by atoms with Crippen molar-refractivity contribution in [1.29, 1.82) is 0 Å². The van der Waals surface area contributed by atoms with Gasteiger partial charge in [0.15, 0.2) is 0 Å². The second-order valence-corrected chi connectivity index (χ2v) is 6.02. The van der Waals surface area contributed by atoms with Crippen LogP contribution < -0.4 is 9.47 Å². The minimum Gasteiger partial charge on any atom is -0.497 e. The zero-order valence-electron chi connectivity index (χ0n) is 13.3. The Morgan fingerprint density at radius 3 is 2.57 bits per heavy atom. The summed E-state index contributed by atoms with van der Waals surface area (Å²) in [7, 11) is 1.68. The van der Waals surface area contributed by atoms with E-state index in [-0.39, 0.29) is 0 Å². The molecular formula is C19H19NO2S. The van der Waals surface area contributed by atoms with Gasteiger partial charge in [0.2, 0.25) is 0 Å². The van der Waals surface area contributed by atoms with E-state index >= 15 is 0 Å². The Balaban J connectivity index is 1.80. The molecule has 23 heavy (non-hydrogen) atoms. The first-order chi connectivity index (χ1) is 11.3. The van der Waals surface area contributed by atoms with Gasteiger partial charge in [0.05, 0.1) is 24.4 Å². The van der Waals surface area contributed by atoms with Gasteiger partial charge in [-0.2, -0.15) is 0 Å². The van der Waals surface area contributed by atoms with Crippen molar-refractivity contribution < 1.29 is 9.47 Å². The van der Waals surface area contributed by atoms with Crippen molar-refractivity contribution in [3.05, 3.63) is 64.5 Å². The summed E-state index contributed by atoms with van der Waals surface area (Å²) >= 11 is 1.68. The lowest BCUT2D eigenvalue weighted by molar-refractivity contribution is 0.341. The standard InChI is InChI=1S/C19H19NO2S/c1-3-22-18-7-5-4-6-16(18)17-13-23-19(20-17)12-14-8-10-15(21-2)11-9-14/h4-11,13H,3,12H2,1-2H3. The number of hydrogen-bond donors (Lipinski definition) is 0. The van der Waals surface area contributed by atoms with Crippen LogP contribution in [0.5, 0.6) is 11.5 Å². The molecule has 1 heterocycles. The zero-order valence-corrected chi connectivity index (χ0v) is 14.1. The highest BCUT2D eigenvalue weighted by Crippen LogP contribution is 2.31. The number of thiazole rings is 1. The molecule has 1 aromatic heterocycles. The van der Waals surface area contributed by atoms with Crippen molar-refractivity contribution in [3.63, 3.8) is 0 Å². The first-order valence-corrected chi connectivity index (χ1v) is 8.47. The third-order valence-corrected chi connectivity index (χ3v) is 4.38. The van der Waals surface area contributed by atoms with Crippen LogP contribution in [-0.4, -0.2) is 18.7 Å². The van der Waals surface area contributed by atoms with Crippen LogP contribution in [0.15, 0.2) is 53.9 Å². The Hall–Kier alpha value is -2.33. The Morgan fingerprint density at radius 2 is 1.83 bits per heavy atom. The van der Waals surface area contributed by atoms with Crippen molar-refractivity contribution in [2.75, 3.05) is 13.7 Å². The summed E-state index contributed by atoms with van der Waals surface area (Å²) in [4.78, 5) is 4.77. The van der Waals surface area contributed by atoms with Crippen molar-refractivity contribution in [3.8, 4) is 22.8 Å². The van der Waals surface area contributed by atoms with Gasteiger partial charge in [0.1, 0.15) is 11.5 Å². The summed E-state index contributed by atoms with van der Waals surface area (Å²) < 4.78 is 10.9. The van der Waals surface area contributed by atoms with Crippen LogP contribution in [0.3, 0.4) is 0 Å². The van der Waals surface area contributed by atoms with Crippen molar-refractivity contribution in [1.82, 2.24) is 4.98 Å². The van der Waals surface area contributed by atoms with E-state index in [0.717, 1.165) is 34.2 Å². The molecule has 0 saturated carbocycles. The summed E-state index contributed by atoms with van der Waals surface area (Å²) in [5, 5.41) is 3.19. The minimum absolute atomic E-state index is 0.653. The van der Waals surface area contributed by atoms with Gasteiger partial charge in [-0.05, 0) is 36.8 Å². The number of aromatic nitrogens is 1. The molecule has 3 rings (SSSR count). The van der Waals surface area contributed by atoms with Gasteiger partial charge < -0.3 is 9.47 Å². The van der Waals surface area contributed by atoms with Crippen LogP contribution in [-0.2, 0) is 6.42 Å². The molecule has 3 nitrogen and oxygen atoms in total. The molecule has 0 atom stereocenters. The molecule has 2 aromatic carbocycles. The fourth-order valence-electron chi connectivity index (χ4n) is 2.39. The molecule has 0 saturated heterocycles. The maximum Gasteiger partial charge on any atom is 0.128 e. The Morgan fingerprint density at radius 1 is 1.04 bits per heavy atom. The lowest BCUT2D eigenvalue weighted by Gasteiger charge is -2.07. The number of nitrogens with zero attached hydrogens (tertiary/aromatic N) is 1. The van der Waals surface area contributed by atoms with Crippen LogP contribution in [0, 0.1) is 0 Å². The normalized spacial score (nSPS) is 10.5. The van der Waals surface area contributed by atoms with E-state index in [1.807, 2.05) is 37.3 Å². The predicted octanol–water partition coefficient (Wildman–Crippen LogP) is 4.81. The molecule has 0 fully saturated rings. The number of hydrogen-bond acceptors (Lipinski definition) is 4. The predicted molar refractivity (Wildman–Crippen MR) is 94.5 cm³/mol. The van der Waals surface area contributed by atoms with Crippen LogP contribution in [0.1, 0.15) is 17.5 Å². The first kappa shape index (κ1) is 15.6. The molecule has 0 radical (unpaired) electrons. The van der Waals surface area contributed by atoms with Crippen LogP contribution in [0.4, 0.5) is 0 Å². The van der Waals surface area contributed by atoms with E-state index in [1.54, 1.807) is 18.4 Å². The Bertz CT molecular complexity index is 765. The van der Waals surface area contributed by atoms with Gasteiger partial charge in [-0.25, -0.2) is 4.98 Å². The van der Waals surface area contributed by atoms with Gasteiger partial charge >= 0.3 is 0 Å². The molecule has 0 N–H and O–H groups in total. The van der Waals surface area contributed by atoms with E-state index in [1.165, 1.54) is 5.56 Å². The number of methoxy groups -OCH3 is 1. The Kier molecular flexibility index (Phi) is 4.93. The number of benzene rings is 2. The highest BCUT2D eigenvalue weighted by atomic mass is 32.1. The van der Waals surface area contributed by atoms with Gasteiger partial charge in [-0.3, -0.25) is 0 Å². The third-order valence-electron chi connectivity index (χ3n) is 3.53. The first-order valence-electron chi connectivity index (χ1n) is 7.59. The number of rotatable bonds is 6. The fraction of sp³-hybridized carbons (Fsp3) is 0.211. The number of para-hydroxylation sites is 1. The van der Waals surface area contributed by atoms with Gasteiger partial charge in [-0.15, -0.1) is 11.3 Å². The smallest absolute Gasteiger partial charge is 0.128 e. The lowest BCUT2D eigenvalue weighted by Crippen LogP contribution is -1.94. The quantitative estimate of drug-likeness (QED) is 0.652. The number of ether oxygens (including phenoxy) is 2. The topological polar surface area (TPSA) is 31.4 Å². The molecular weight excluding hydrogens is 306 g/mol. The lowest BCUT2D eigenvalue weighted by atomic mass is 10.1. The van der Waals surface area contributed by atoms with Crippen molar-refractivity contribution in [2.24, 2.45) is 0 Å². The molecule has 0 aliphatic heterocycles. The SMILES string of the molecule is CCOc1ccccc1-c1csc(Cc2ccc(OC)cc2)n1. The largest absolute Gasteiger partial charge is 0.497 e. The van der Waals surface area contributed by atoms with Crippen molar-refractivity contribution in [2.45, 2.75) is 13.3 Å². The minimum atomic E-state index is 0.653. The maximum atomic E-state index is 5.70. The highest BCUT2D eigenvalue weighted by molar-refractivity contribution is 7.10. The maximum absolute atomic E-state index is 5.70. The second kappa shape index (κ2) is 7.29. The van der Waals surface area contributed by atoms with E-state index in [9.17, 15) is 0 Å². The van der Waals surface area contributed by atoms with E-state index < -0.39 is 0 Å². The van der Waals surface area contributed by atoms with Crippen LogP contribution in [0.25, 0.3) is 11.3 Å². The average Bonchev–Trinajstić information content (AvgIpc) is 3.05. The summed E-state index contributed by atoms with van der Waals surface area (Å²) in [5.41, 5.74) is 3.25. The molecule has 118 valence electrons. The summed E-state index contributed by atoms with van der Waals surface area (Å²) in [5.74, 6) is 1.76. The molecule has 3 aromatic rings. The van der Waals surface area contributed by atoms with E-state index in [4.69, 9.17) is 14.5 Å². The molecule has 0 unspecified atom stereocenters. The third kappa shape index (κ3) is 3.71. The summed E-state index contributed by atoms with van der Waals surface area (Å²) in [6, 6.07) is 16.2. The molecule has 0 aliphatic rings. The highest BCUT2D eigenvalue weighted by Gasteiger charge is 2.10. The molecule has 4 heteroatoms. The monoisotopic (exact) mass is 325 g/mol. The second-order valence-electron chi connectivity index (χ2n) is 5.08. The summed E-state index contributed by atoms with van der Waals surface area (Å²) in [6.07, 6.45) is 0.825. The van der Waals surface area contributed by atoms with Gasteiger partial charge in [-0.1, -0.05) is 24.3 Å². The fourth-order valence-corrected chi connectivity index (χ4v) is 3.22. The summed E-state index contributed by atoms with van der Waals surface area (Å²) in [6.45, 7) is 2.65. The van der Waals surface area contributed by atoms with Gasteiger partial charge in [0.25, 0.3) is 0 Å². The van der Waals surface area contributed by atoms with Crippen molar-refractivity contribution >= 4 is 11.3 Å².